The summed E-state index contributed by atoms with van der Waals surface area (Å²) in [4.78, 5) is 11.2. The molecular weight excluding hydrogens is 927 g/mol. The molecule has 4 nitrogen and oxygen atoms in total. The van der Waals surface area contributed by atoms with Crippen LogP contribution in [-0.2, 0) is 0 Å². The van der Waals surface area contributed by atoms with E-state index in [1.165, 1.54) is 48.6 Å². The van der Waals surface area contributed by atoms with Crippen LogP contribution in [0.4, 0.5) is 0 Å². The van der Waals surface area contributed by atoms with E-state index in [0.717, 1.165) is 71.8 Å². The molecule has 75 heavy (non-hydrogen) atoms. The molecule has 0 bridgehead atoms. The normalized spacial score (nSPS) is 11.7. The molecule has 0 saturated heterocycles. The monoisotopic (exact) mass is 973 g/mol. The second-order valence-corrected chi connectivity index (χ2v) is 23.1. The van der Waals surface area contributed by atoms with Crippen molar-refractivity contribution in [3.05, 3.63) is 285 Å². The molecule has 0 fully saturated rings. The molecule has 0 atom stereocenters. The van der Waals surface area contributed by atoms with Gasteiger partial charge in [-0.15, -0.1) is 0 Å². The first-order chi connectivity index (χ1) is 37.2. The molecule has 0 N–H and O–H groups in total. The molecule has 3 aromatic heterocycles. The zero-order valence-electron chi connectivity index (χ0n) is 40.9. The van der Waals surface area contributed by atoms with Gasteiger partial charge < -0.3 is 4.42 Å². The van der Waals surface area contributed by atoms with Crippen molar-refractivity contribution in [1.29, 1.82) is 0 Å². The Morgan fingerprint density at radius 2 is 0.680 bits per heavy atom. The maximum absolute atomic E-state index is 6.34. The number of para-hydroxylation sites is 2. The lowest BCUT2D eigenvalue weighted by atomic mass is 10.0. The van der Waals surface area contributed by atoms with Crippen LogP contribution in [0.1, 0.15) is 0 Å². The Morgan fingerprint density at radius 3 is 1.29 bits per heavy atom. The summed E-state index contributed by atoms with van der Waals surface area (Å²) < 4.78 is 8.59. The van der Waals surface area contributed by atoms with E-state index in [0.29, 0.717) is 5.95 Å². The molecule has 5 heteroatoms. The molecule has 0 saturated carbocycles. The first kappa shape index (κ1) is 44.1. The molecule has 3 heterocycles. The van der Waals surface area contributed by atoms with Gasteiger partial charge in [-0.25, -0.2) is 9.97 Å². The van der Waals surface area contributed by atoms with Gasteiger partial charge in [-0.05, 0) is 103 Å². The van der Waals surface area contributed by atoms with Gasteiger partial charge >= 0.3 is 0 Å². The van der Waals surface area contributed by atoms with Gasteiger partial charge in [-0.2, -0.15) is 0 Å². The highest BCUT2D eigenvalue weighted by molar-refractivity contribution is 7.20. The van der Waals surface area contributed by atoms with E-state index in [-0.39, 0.29) is 0 Å². The van der Waals surface area contributed by atoms with Crippen molar-refractivity contribution in [1.82, 2.24) is 14.5 Å². The summed E-state index contributed by atoms with van der Waals surface area (Å²) in [5.41, 5.74) is 14.5. The van der Waals surface area contributed by atoms with E-state index in [1.807, 2.05) is 12.1 Å². The first-order valence-corrected chi connectivity index (χ1v) is 27.5. The third kappa shape index (κ3) is 7.68. The molecule has 0 unspecified atom stereocenters. The maximum Gasteiger partial charge on any atom is 0.235 e. The highest BCUT2D eigenvalue weighted by Gasteiger charge is 2.42. The fourth-order valence-electron chi connectivity index (χ4n) is 11.4. The summed E-state index contributed by atoms with van der Waals surface area (Å²) in [6.45, 7) is 0. The van der Waals surface area contributed by atoms with E-state index in [9.17, 15) is 0 Å². The Hall–Kier alpha value is -9.68. The smallest absolute Gasteiger partial charge is 0.235 e. The lowest BCUT2D eigenvalue weighted by Gasteiger charge is -2.35. The van der Waals surface area contributed by atoms with Crippen molar-refractivity contribution in [3.63, 3.8) is 0 Å². The van der Waals surface area contributed by atoms with Gasteiger partial charge in [-0.3, -0.25) is 4.57 Å². The lowest BCUT2D eigenvalue weighted by molar-refractivity contribution is 0.669. The first-order valence-electron chi connectivity index (χ1n) is 25.5. The van der Waals surface area contributed by atoms with E-state index in [2.05, 4.69) is 278 Å². The summed E-state index contributed by atoms with van der Waals surface area (Å²) in [6.07, 6.45) is 0. The molecule has 0 aliphatic rings. The summed E-state index contributed by atoms with van der Waals surface area (Å²) in [7, 11) is -3.15. The fraction of sp³-hybridized carbons (Fsp3) is 0. The van der Waals surface area contributed by atoms with Gasteiger partial charge in [0.1, 0.15) is 11.2 Å². The highest BCUT2D eigenvalue weighted by atomic mass is 28.3. The Kier molecular flexibility index (Phi) is 10.8. The van der Waals surface area contributed by atoms with E-state index in [4.69, 9.17) is 14.4 Å². The number of aromatic nitrogens is 3. The van der Waals surface area contributed by atoms with Crippen LogP contribution in [-0.4, -0.2) is 22.6 Å². The molecule has 352 valence electrons. The second kappa shape index (κ2) is 18.4. The summed E-state index contributed by atoms with van der Waals surface area (Å²) in [6, 6.07) is 103. The Morgan fingerprint density at radius 1 is 0.267 bits per heavy atom. The molecule has 0 radical (unpaired) electrons. The number of nitrogens with zero attached hydrogens (tertiary/aromatic N) is 3. The van der Waals surface area contributed by atoms with Crippen LogP contribution < -0.4 is 20.7 Å². The van der Waals surface area contributed by atoms with Crippen molar-refractivity contribution < 1.29 is 4.42 Å². The SMILES string of the molecule is c1ccc(-c2cccc([Si](c3ccccc3)(c3cccc(-c4ccccc4)c3)c3cccc(-c4cc(-c5ccc6oc7ccccc7c6c5)nc(-n5c6ccccc6c6cc(-c7ccccc7)ccc65)n4)c3)c2)cc1. The summed E-state index contributed by atoms with van der Waals surface area (Å²) in [5.74, 6) is 0.599. The predicted octanol–water partition coefficient (Wildman–Crippen LogP) is 15.2. The van der Waals surface area contributed by atoms with Crippen LogP contribution in [0.15, 0.2) is 290 Å². The minimum absolute atomic E-state index is 0.599. The molecule has 14 aromatic rings. The van der Waals surface area contributed by atoms with Crippen molar-refractivity contribution in [2.45, 2.75) is 0 Å². The molecule has 14 rings (SSSR count). The third-order valence-corrected chi connectivity index (χ3v) is 19.7. The van der Waals surface area contributed by atoms with Crippen molar-refractivity contribution in [2.24, 2.45) is 0 Å². The fourth-order valence-corrected chi connectivity index (χ4v) is 16.3. The van der Waals surface area contributed by atoms with Gasteiger partial charge in [0.15, 0.2) is 8.07 Å². The minimum atomic E-state index is -3.15. The van der Waals surface area contributed by atoms with E-state index < -0.39 is 8.07 Å². The summed E-state index contributed by atoms with van der Waals surface area (Å²) in [5, 5.41) is 9.54. The van der Waals surface area contributed by atoms with E-state index >= 15 is 0 Å². The lowest BCUT2D eigenvalue weighted by Crippen LogP contribution is -2.74. The molecule has 0 aliphatic heterocycles. The van der Waals surface area contributed by atoms with Crippen LogP contribution in [0.25, 0.3) is 106 Å². The van der Waals surface area contributed by atoms with Crippen LogP contribution >= 0.6 is 0 Å². The van der Waals surface area contributed by atoms with Gasteiger partial charge in [0.2, 0.25) is 5.95 Å². The molecule has 11 aromatic carbocycles. The van der Waals surface area contributed by atoms with Gasteiger partial charge in [0.05, 0.1) is 22.4 Å². The average Bonchev–Trinajstić information content (AvgIpc) is 4.05. The largest absolute Gasteiger partial charge is 0.456 e. The van der Waals surface area contributed by atoms with Crippen LogP contribution in [0, 0.1) is 0 Å². The molecule has 0 aliphatic carbocycles. The van der Waals surface area contributed by atoms with Crippen LogP contribution in [0.2, 0.25) is 0 Å². The Bertz CT molecular complexity index is 4330. The standard InChI is InChI=1S/C70H47N3OSi/c1-5-20-48(21-6-1)51-26-17-31-57(42-51)75(56-29-11-4-12-30-56,58-32-18-27-52(43-58)49-22-7-2-8-23-49)59-33-19-28-54(44-59)64-47-65(55-39-41-69-63(46-55)61-35-14-16-37-68(61)74-69)72-70(71-64)73-66-36-15-13-34-60(66)62-45-53(38-40-67(62)73)50-24-9-3-10-25-50/h1-47H. The Labute approximate surface area is 436 Å². The number of benzene rings is 11. The molecule has 0 amide bonds. The van der Waals surface area contributed by atoms with Crippen molar-refractivity contribution in [3.8, 4) is 61.8 Å². The quantitative estimate of drug-likeness (QED) is 0.101. The topological polar surface area (TPSA) is 43.9 Å². The van der Waals surface area contributed by atoms with Crippen LogP contribution in [0.5, 0.6) is 0 Å². The van der Waals surface area contributed by atoms with Crippen molar-refractivity contribution in [2.75, 3.05) is 0 Å². The van der Waals surface area contributed by atoms with Gasteiger partial charge in [0, 0.05) is 32.7 Å². The Balaban J connectivity index is 1.03. The molecule has 0 spiro atoms. The zero-order valence-corrected chi connectivity index (χ0v) is 41.9. The maximum atomic E-state index is 6.34. The summed E-state index contributed by atoms with van der Waals surface area (Å²) >= 11 is 0. The molecular formula is C70H47N3OSi. The highest BCUT2D eigenvalue weighted by Crippen LogP contribution is 2.37. The van der Waals surface area contributed by atoms with Crippen LogP contribution in [0.3, 0.4) is 0 Å². The average molecular weight is 974 g/mol. The number of hydrogen-bond acceptors (Lipinski definition) is 3. The predicted molar refractivity (Wildman–Crippen MR) is 314 cm³/mol. The minimum Gasteiger partial charge on any atom is -0.456 e. The third-order valence-electron chi connectivity index (χ3n) is 15.0. The van der Waals surface area contributed by atoms with Gasteiger partial charge in [-0.1, -0.05) is 237 Å². The number of hydrogen-bond donors (Lipinski definition) is 0. The second-order valence-electron chi connectivity index (χ2n) is 19.3. The number of rotatable bonds is 10. The number of furan rings is 1. The van der Waals surface area contributed by atoms with E-state index in [1.54, 1.807) is 0 Å². The zero-order chi connectivity index (χ0) is 49.7. The number of fused-ring (bicyclic) bond motifs is 6. The van der Waals surface area contributed by atoms with Gasteiger partial charge in [0.25, 0.3) is 0 Å². The van der Waals surface area contributed by atoms with Crippen molar-refractivity contribution >= 4 is 72.6 Å².